The van der Waals surface area contributed by atoms with Gasteiger partial charge in [0.25, 0.3) is 0 Å². The summed E-state index contributed by atoms with van der Waals surface area (Å²) in [6.07, 6.45) is 1.87. The van der Waals surface area contributed by atoms with Crippen LogP contribution in [0, 0.1) is 18.3 Å². The lowest BCUT2D eigenvalue weighted by atomic mass is 10.0. The maximum atomic E-state index is 9.01. The summed E-state index contributed by atoms with van der Waals surface area (Å²) in [4.78, 5) is 8.95. The van der Waals surface area contributed by atoms with Crippen LogP contribution in [0.2, 0.25) is 0 Å². The summed E-state index contributed by atoms with van der Waals surface area (Å²) >= 11 is 0. The van der Waals surface area contributed by atoms with Gasteiger partial charge in [-0.05, 0) is 68.3 Å². The van der Waals surface area contributed by atoms with Gasteiger partial charge >= 0.3 is 0 Å². The lowest BCUT2D eigenvalue weighted by Gasteiger charge is -2.13. The molecule has 5 nitrogen and oxygen atoms in total. The van der Waals surface area contributed by atoms with Crippen LogP contribution in [0.5, 0.6) is 11.5 Å². The number of aryl methyl sites for hydroxylation is 1. The average molecular weight is 409 g/mol. The second kappa shape index (κ2) is 8.85. The summed E-state index contributed by atoms with van der Waals surface area (Å²) < 4.78 is 11.8. The molecule has 0 amide bonds. The minimum Gasteiger partial charge on any atom is -0.491 e. The standard InChI is InChI=1S/C26H23N3O2/c1-17(2)31-22-11-7-19(8-12-22)16-30-25-6-4-5-23-24(13-18(3)29-26(23)25)20-9-10-21(14-27)28-15-20/h4-13,15,17H,16H2,1-3H3. The van der Waals surface area contributed by atoms with Gasteiger partial charge in [-0.3, -0.25) is 0 Å². The Balaban J connectivity index is 1.63. The van der Waals surface area contributed by atoms with Crippen molar-refractivity contribution in [3.63, 3.8) is 0 Å². The van der Waals surface area contributed by atoms with E-state index >= 15 is 0 Å². The smallest absolute Gasteiger partial charge is 0.146 e. The van der Waals surface area contributed by atoms with E-state index in [1.54, 1.807) is 12.3 Å². The number of aromatic nitrogens is 2. The Morgan fingerprint density at radius 2 is 1.84 bits per heavy atom. The van der Waals surface area contributed by atoms with E-state index in [0.717, 1.165) is 44.8 Å². The number of pyridine rings is 2. The molecule has 0 N–H and O–H groups in total. The van der Waals surface area contributed by atoms with Crippen molar-refractivity contribution in [1.29, 1.82) is 5.26 Å². The summed E-state index contributed by atoms with van der Waals surface area (Å²) in [5.41, 5.74) is 5.09. The number of benzene rings is 2. The van der Waals surface area contributed by atoms with Crippen molar-refractivity contribution in [3.8, 4) is 28.7 Å². The molecule has 0 spiro atoms. The van der Waals surface area contributed by atoms with Gasteiger partial charge in [-0.2, -0.15) is 5.26 Å². The van der Waals surface area contributed by atoms with E-state index in [4.69, 9.17) is 19.7 Å². The lowest BCUT2D eigenvalue weighted by molar-refractivity contribution is 0.242. The first kappa shape index (κ1) is 20.4. The van der Waals surface area contributed by atoms with Gasteiger partial charge in [0, 0.05) is 22.8 Å². The molecular formula is C26H23N3O2. The van der Waals surface area contributed by atoms with E-state index in [2.05, 4.69) is 11.1 Å². The zero-order chi connectivity index (χ0) is 21.8. The monoisotopic (exact) mass is 409 g/mol. The van der Waals surface area contributed by atoms with Crippen molar-refractivity contribution in [3.05, 3.63) is 83.8 Å². The van der Waals surface area contributed by atoms with E-state index in [1.165, 1.54) is 0 Å². The first-order chi connectivity index (χ1) is 15.0. The molecule has 154 valence electrons. The minimum absolute atomic E-state index is 0.146. The fourth-order valence-electron chi connectivity index (χ4n) is 3.42. The van der Waals surface area contributed by atoms with E-state index in [-0.39, 0.29) is 6.10 Å². The molecule has 4 rings (SSSR count). The topological polar surface area (TPSA) is 68.0 Å². The highest BCUT2D eigenvalue weighted by Crippen LogP contribution is 2.33. The van der Waals surface area contributed by atoms with Crippen molar-refractivity contribution < 1.29 is 9.47 Å². The predicted octanol–water partition coefficient (Wildman–Crippen LogP) is 5.84. The molecule has 0 atom stereocenters. The van der Waals surface area contributed by atoms with Crippen molar-refractivity contribution in [2.75, 3.05) is 0 Å². The number of hydrogen-bond donors (Lipinski definition) is 0. The van der Waals surface area contributed by atoms with Gasteiger partial charge in [0.1, 0.15) is 35.4 Å². The number of nitrogens with zero attached hydrogens (tertiary/aromatic N) is 3. The number of para-hydroxylation sites is 1. The van der Waals surface area contributed by atoms with Gasteiger partial charge in [-0.15, -0.1) is 0 Å². The number of rotatable bonds is 6. The summed E-state index contributed by atoms with van der Waals surface area (Å²) in [6.45, 7) is 6.41. The molecule has 4 aromatic rings. The van der Waals surface area contributed by atoms with Crippen LogP contribution in [-0.2, 0) is 6.61 Å². The average Bonchev–Trinajstić information content (AvgIpc) is 2.78. The predicted molar refractivity (Wildman–Crippen MR) is 121 cm³/mol. The zero-order valence-corrected chi connectivity index (χ0v) is 17.8. The summed E-state index contributed by atoms with van der Waals surface area (Å²) in [5.74, 6) is 1.58. The molecule has 2 aromatic heterocycles. The summed E-state index contributed by atoms with van der Waals surface area (Å²) in [6, 6.07) is 21.6. The molecule has 0 unspecified atom stereocenters. The van der Waals surface area contributed by atoms with Crippen molar-refractivity contribution in [2.24, 2.45) is 0 Å². The molecule has 0 radical (unpaired) electrons. The number of nitriles is 1. The fourth-order valence-corrected chi connectivity index (χ4v) is 3.42. The molecule has 5 heteroatoms. The van der Waals surface area contributed by atoms with Crippen LogP contribution in [0.4, 0.5) is 0 Å². The van der Waals surface area contributed by atoms with Gasteiger partial charge in [0.15, 0.2) is 0 Å². The molecular weight excluding hydrogens is 386 g/mol. The van der Waals surface area contributed by atoms with E-state index in [9.17, 15) is 0 Å². The fraction of sp³-hybridized carbons (Fsp3) is 0.192. The third-order valence-electron chi connectivity index (χ3n) is 4.81. The maximum absolute atomic E-state index is 9.01. The van der Waals surface area contributed by atoms with Crippen LogP contribution in [0.25, 0.3) is 22.0 Å². The molecule has 31 heavy (non-hydrogen) atoms. The Kier molecular flexibility index (Phi) is 5.81. The highest BCUT2D eigenvalue weighted by molar-refractivity contribution is 5.97. The highest BCUT2D eigenvalue weighted by Gasteiger charge is 2.11. The van der Waals surface area contributed by atoms with Crippen LogP contribution >= 0.6 is 0 Å². The minimum atomic E-state index is 0.146. The highest BCUT2D eigenvalue weighted by atomic mass is 16.5. The molecule has 0 saturated heterocycles. The second-order valence-corrected chi connectivity index (χ2v) is 7.61. The van der Waals surface area contributed by atoms with E-state index in [1.807, 2.05) is 75.4 Å². The third kappa shape index (κ3) is 4.65. The quantitative estimate of drug-likeness (QED) is 0.400. The van der Waals surface area contributed by atoms with Crippen LogP contribution in [0.3, 0.4) is 0 Å². The number of ether oxygens (including phenoxy) is 2. The summed E-state index contributed by atoms with van der Waals surface area (Å²) in [5, 5.41) is 9.99. The van der Waals surface area contributed by atoms with Gasteiger partial charge in [-0.25, -0.2) is 9.97 Å². The Morgan fingerprint density at radius 3 is 2.52 bits per heavy atom. The molecule has 0 fully saturated rings. The van der Waals surface area contributed by atoms with Crippen molar-refractivity contribution in [2.45, 2.75) is 33.5 Å². The van der Waals surface area contributed by atoms with Crippen LogP contribution < -0.4 is 9.47 Å². The molecule has 2 aromatic carbocycles. The lowest BCUT2D eigenvalue weighted by Crippen LogP contribution is -2.05. The Labute approximate surface area is 181 Å². The molecule has 0 saturated carbocycles. The maximum Gasteiger partial charge on any atom is 0.146 e. The Bertz CT molecular complexity index is 1240. The third-order valence-corrected chi connectivity index (χ3v) is 4.81. The van der Waals surface area contributed by atoms with E-state index in [0.29, 0.717) is 12.3 Å². The van der Waals surface area contributed by atoms with E-state index < -0.39 is 0 Å². The molecule has 0 aliphatic rings. The van der Waals surface area contributed by atoms with Crippen molar-refractivity contribution >= 4 is 10.9 Å². The Morgan fingerprint density at radius 1 is 1.03 bits per heavy atom. The summed E-state index contributed by atoms with van der Waals surface area (Å²) in [7, 11) is 0. The van der Waals surface area contributed by atoms with Crippen LogP contribution in [0.15, 0.2) is 66.9 Å². The first-order valence-electron chi connectivity index (χ1n) is 10.2. The van der Waals surface area contributed by atoms with Gasteiger partial charge in [0.2, 0.25) is 0 Å². The second-order valence-electron chi connectivity index (χ2n) is 7.61. The number of fused-ring (bicyclic) bond motifs is 1. The largest absolute Gasteiger partial charge is 0.491 e. The zero-order valence-electron chi connectivity index (χ0n) is 17.8. The van der Waals surface area contributed by atoms with Crippen molar-refractivity contribution in [1.82, 2.24) is 9.97 Å². The SMILES string of the molecule is Cc1cc(-c2ccc(C#N)nc2)c2cccc(OCc3ccc(OC(C)C)cc3)c2n1. The number of hydrogen-bond acceptors (Lipinski definition) is 5. The normalized spacial score (nSPS) is 10.8. The molecule has 0 aliphatic heterocycles. The van der Waals surface area contributed by atoms with Gasteiger partial charge in [0.05, 0.1) is 6.10 Å². The molecule has 2 heterocycles. The Hall–Kier alpha value is -3.91. The molecule has 0 bridgehead atoms. The molecule has 0 aliphatic carbocycles. The first-order valence-corrected chi connectivity index (χ1v) is 10.2. The van der Waals surface area contributed by atoms with Gasteiger partial charge in [-0.1, -0.05) is 24.3 Å². The van der Waals surface area contributed by atoms with Crippen LogP contribution in [0.1, 0.15) is 30.8 Å². The van der Waals surface area contributed by atoms with Crippen LogP contribution in [-0.4, -0.2) is 16.1 Å². The van der Waals surface area contributed by atoms with Gasteiger partial charge < -0.3 is 9.47 Å².